The molecule has 0 aromatic heterocycles. The van der Waals surface area contributed by atoms with E-state index < -0.39 is 17.6 Å². The molecular formula is C26H25F3N2O2S2. The molecule has 4 nitrogen and oxygen atoms in total. The Balaban J connectivity index is 1.45. The van der Waals surface area contributed by atoms with Gasteiger partial charge in [-0.2, -0.15) is 13.2 Å². The van der Waals surface area contributed by atoms with Gasteiger partial charge in [-0.3, -0.25) is 14.5 Å². The van der Waals surface area contributed by atoms with Gasteiger partial charge in [0.1, 0.15) is 4.32 Å². The number of nitrogens with one attached hydrogen (secondary N) is 1. The number of carbonyl (C=O) groups excluding carboxylic acids is 2. The van der Waals surface area contributed by atoms with Crippen molar-refractivity contribution in [3.8, 4) is 0 Å². The van der Waals surface area contributed by atoms with Crippen LogP contribution in [-0.4, -0.2) is 27.6 Å². The van der Waals surface area contributed by atoms with Gasteiger partial charge in [-0.25, -0.2) is 0 Å². The molecule has 1 aliphatic rings. The van der Waals surface area contributed by atoms with E-state index in [4.69, 9.17) is 12.2 Å². The average Bonchev–Trinajstić information content (AvgIpc) is 3.06. The van der Waals surface area contributed by atoms with Crippen LogP contribution in [0.4, 0.5) is 18.9 Å². The zero-order valence-corrected chi connectivity index (χ0v) is 20.7. The maximum atomic E-state index is 13.1. The van der Waals surface area contributed by atoms with Gasteiger partial charge >= 0.3 is 6.18 Å². The van der Waals surface area contributed by atoms with Gasteiger partial charge in [0, 0.05) is 13.0 Å². The molecule has 1 saturated heterocycles. The highest BCUT2D eigenvalue weighted by Gasteiger charge is 2.33. The normalized spacial score (nSPS) is 15.7. The summed E-state index contributed by atoms with van der Waals surface area (Å²) in [6.07, 6.45) is 1.13. The van der Waals surface area contributed by atoms with Crippen LogP contribution in [-0.2, 0) is 15.8 Å². The second kappa shape index (κ2) is 12.2. The fourth-order valence-electron chi connectivity index (χ4n) is 3.54. The van der Waals surface area contributed by atoms with Crippen molar-refractivity contribution in [1.82, 2.24) is 4.90 Å². The van der Waals surface area contributed by atoms with Gasteiger partial charge < -0.3 is 5.32 Å². The maximum Gasteiger partial charge on any atom is 0.418 e. The lowest BCUT2D eigenvalue weighted by Gasteiger charge is -2.14. The molecule has 1 heterocycles. The van der Waals surface area contributed by atoms with Gasteiger partial charge in [0.15, 0.2) is 0 Å². The van der Waals surface area contributed by atoms with Crippen LogP contribution in [0, 0.1) is 0 Å². The molecule has 0 aliphatic carbocycles. The number of hydrogen-bond donors (Lipinski definition) is 1. The van der Waals surface area contributed by atoms with Crippen molar-refractivity contribution in [3.05, 3.63) is 82.3 Å². The average molecular weight is 519 g/mol. The summed E-state index contributed by atoms with van der Waals surface area (Å²) in [5.74, 6) is -0.613. The minimum absolute atomic E-state index is 0.0912. The molecule has 0 bridgehead atoms. The fourth-order valence-corrected chi connectivity index (χ4v) is 4.90. The Bertz CT molecular complexity index is 1140. The minimum Gasteiger partial charge on any atom is -0.326 e. The van der Waals surface area contributed by atoms with Crippen molar-refractivity contribution >= 4 is 51.9 Å². The number of nitrogens with zero attached hydrogens (tertiary/aromatic N) is 1. The van der Waals surface area contributed by atoms with Crippen LogP contribution < -0.4 is 5.32 Å². The minimum atomic E-state index is -4.54. The molecule has 2 amide bonds. The fraction of sp³-hybridized carbons (Fsp3) is 0.269. The quantitative estimate of drug-likeness (QED) is 0.220. The molecule has 0 unspecified atom stereocenters. The Hall–Kier alpha value is -2.91. The molecule has 9 heteroatoms. The summed E-state index contributed by atoms with van der Waals surface area (Å²) >= 11 is 6.63. The van der Waals surface area contributed by atoms with E-state index in [0.29, 0.717) is 35.0 Å². The summed E-state index contributed by atoms with van der Waals surface area (Å²) in [5.41, 5.74) is 0.869. The second-order valence-corrected chi connectivity index (χ2v) is 9.71. The van der Waals surface area contributed by atoms with Crippen molar-refractivity contribution in [1.29, 1.82) is 0 Å². The third-order valence-electron chi connectivity index (χ3n) is 5.22. The maximum absolute atomic E-state index is 13.1. The van der Waals surface area contributed by atoms with Crippen LogP contribution >= 0.6 is 24.0 Å². The van der Waals surface area contributed by atoms with Gasteiger partial charge in [-0.1, -0.05) is 78.9 Å². The number of unbranched alkanes of at least 4 members (excludes halogenated alkanes) is 2. The van der Waals surface area contributed by atoms with Crippen LogP contribution in [0.15, 0.2) is 71.2 Å². The van der Waals surface area contributed by atoms with Gasteiger partial charge in [-0.05, 0) is 49.1 Å². The van der Waals surface area contributed by atoms with Gasteiger partial charge in [0.25, 0.3) is 5.91 Å². The third-order valence-corrected chi connectivity index (χ3v) is 6.60. The number of amides is 2. The number of allylic oxidation sites excluding steroid dienone is 2. The molecule has 1 fully saturated rings. The summed E-state index contributed by atoms with van der Waals surface area (Å²) in [7, 11) is 0. The van der Waals surface area contributed by atoms with E-state index in [1.165, 1.54) is 30.0 Å². The van der Waals surface area contributed by atoms with Crippen molar-refractivity contribution < 1.29 is 22.8 Å². The monoisotopic (exact) mass is 518 g/mol. The van der Waals surface area contributed by atoms with Crippen LogP contribution in [0.1, 0.15) is 43.7 Å². The Morgan fingerprint density at radius 1 is 1.06 bits per heavy atom. The Morgan fingerprint density at radius 2 is 1.74 bits per heavy atom. The van der Waals surface area contributed by atoms with E-state index in [0.717, 1.165) is 17.2 Å². The summed E-state index contributed by atoms with van der Waals surface area (Å²) in [5, 5.41) is 2.34. The molecule has 184 valence electrons. The molecule has 0 saturated carbocycles. The highest BCUT2D eigenvalue weighted by molar-refractivity contribution is 8.26. The Kier molecular flexibility index (Phi) is 9.28. The first-order valence-electron chi connectivity index (χ1n) is 11.1. The van der Waals surface area contributed by atoms with Gasteiger partial charge in [0.05, 0.1) is 16.2 Å². The number of anilines is 1. The summed E-state index contributed by atoms with van der Waals surface area (Å²) < 4.78 is 39.7. The third kappa shape index (κ3) is 7.80. The number of halogens is 3. The van der Waals surface area contributed by atoms with Crippen molar-refractivity contribution in [2.45, 2.75) is 38.8 Å². The molecule has 2 aromatic rings. The lowest BCUT2D eigenvalue weighted by Crippen LogP contribution is -2.29. The predicted molar refractivity (Wildman–Crippen MR) is 139 cm³/mol. The smallest absolute Gasteiger partial charge is 0.326 e. The number of thiocarbonyl (C=S) groups is 1. The van der Waals surface area contributed by atoms with Crippen LogP contribution in [0.5, 0.6) is 0 Å². The van der Waals surface area contributed by atoms with E-state index in [1.54, 1.807) is 4.90 Å². The van der Waals surface area contributed by atoms with Crippen molar-refractivity contribution in [3.63, 3.8) is 0 Å². The molecule has 2 aromatic carbocycles. The topological polar surface area (TPSA) is 49.4 Å². The number of carbonyl (C=O) groups is 2. The summed E-state index contributed by atoms with van der Waals surface area (Å²) in [6.45, 7) is 2.36. The highest BCUT2D eigenvalue weighted by atomic mass is 32.2. The number of hydrogen-bond acceptors (Lipinski definition) is 4. The number of alkyl halides is 3. The number of para-hydroxylation sites is 1. The van der Waals surface area contributed by atoms with E-state index >= 15 is 0 Å². The Morgan fingerprint density at radius 3 is 2.46 bits per heavy atom. The van der Waals surface area contributed by atoms with E-state index in [1.807, 2.05) is 49.4 Å². The van der Waals surface area contributed by atoms with E-state index in [2.05, 4.69) is 5.32 Å². The van der Waals surface area contributed by atoms with Crippen molar-refractivity contribution in [2.75, 3.05) is 11.9 Å². The number of thioether (sulfide) groups is 1. The van der Waals surface area contributed by atoms with Gasteiger partial charge in [0.2, 0.25) is 5.91 Å². The molecule has 1 aliphatic heterocycles. The lowest BCUT2D eigenvalue weighted by atomic mass is 10.1. The molecule has 35 heavy (non-hydrogen) atoms. The highest BCUT2D eigenvalue weighted by Crippen LogP contribution is 2.35. The molecular weight excluding hydrogens is 493 g/mol. The predicted octanol–water partition coefficient (Wildman–Crippen LogP) is 7.05. The van der Waals surface area contributed by atoms with Gasteiger partial charge in [-0.15, -0.1) is 0 Å². The van der Waals surface area contributed by atoms with Crippen LogP contribution in [0.2, 0.25) is 0 Å². The summed E-state index contributed by atoms with van der Waals surface area (Å²) in [6, 6.07) is 14.7. The lowest BCUT2D eigenvalue weighted by molar-refractivity contribution is -0.137. The van der Waals surface area contributed by atoms with Crippen LogP contribution in [0.25, 0.3) is 6.08 Å². The van der Waals surface area contributed by atoms with Crippen molar-refractivity contribution in [2.24, 2.45) is 0 Å². The number of benzene rings is 2. The summed E-state index contributed by atoms with van der Waals surface area (Å²) in [4.78, 5) is 27.0. The molecule has 0 atom stereocenters. The number of rotatable bonds is 9. The molecule has 0 spiro atoms. The zero-order chi connectivity index (χ0) is 25.4. The SMILES string of the molecule is CC(/C=C1\SC(=S)N(CCCCCC(=O)Nc2ccccc2C(F)(F)F)C1=O)=C\c1ccccc1. The van der Waals surface area contributed by atoms with Crippen LogP contribution in [0.3, 0.4) is 0 Å². The van der Waals surface area contributed by atoms with E-state index in [-0.39, 0.29) is 18.0 Å². The molecule has 3 rings (SSSR count). The Labute approximate surface area is 212 Å². The molecule has 1 N–H and O–H groups in total. The standard InChI is InChI=1S/C26H25F3N2O2S2/c1-18(16-19-10-4-2-5-11-19)17-22-24(33)31(25(34)35-22)15-9-3-6-14-23(32)30-21-13-8-7-12-20(21)26(27,28)29/h2,4-5,7-8,10-13,16-17H,3,6,9,14-15H2,1H3,(H,30,32)/b18-16+,22-17-. The first-order valence-corrected chi connectivity index (χ1v) is 12.3. The largest absolute Gasteiger partial charge is 0.418 e. The zero-order valence-electron chi connectivity index (χ0n) is 19.1. The second-order valence-electron chi connectivity index (χ2n) is 8.03. The molecule has 0 radical (unpaired) electrons. The van der Waals surface area contributed by atoms with E-state index in [9.17, 15) is 22.8 Å². The first-order chi connectivity index (χ1) is 16.6. The first kappa shape index (κ1) is 26.7.